The molecule has 0 bridgehead atoms. The first kappa shape index (κ1) is 22.1. The number of hydrogen-bond donors (Lipinski definition) is 0. The monoisotopic (exact) mass is 462 g/mol. The van der Waals surface area contributed by atoms with E-state index in [1.165, 1.54) is 6.07 Å². The highest BCUT2D eigenvalue weighted by molar-refractivity contribution is 6.35. The molecule has 0 aliphatic rings. The molecule has 8 heteroatoms. The van der Waals surface area contributed by atoms with Gasteiger partial charge < -0.3 is 4.90 Å². The summed E-state index contributed by atoms with van der Waals surface area (Å²) in [5.41, 5.74) is 1.70. The summed E-state index contributed by atoms with van der Waals surface area (Å²) in [6, 6.07) is 18.1. The van der Waals surface area contributed by atoms with E-state index in [1.807, 2.05) is 0 Å². The molecule has 0 heterocycles. The fourth-order valence-electron chi connectivity index (χ4n) is 3.04. The predicted octanol–water partition coefficient (Wildman–Crippen LogP) is 6.44. The zero-order chi connectivity index (χ0) is 21.7. The molecule has 3 rings (SSSR count). The maximum absolute atomic E-state index is 13.2. The quantitative estimate of drug-likeness (QED) is 0.299. The number of hydrogen-bond acceptors (Lipinski definition) is 3. The van der Waals surface area contributed by atoms with Crippen molar-refractivity contribution in [1.82, 2.24) is 4.90 Å². The second-order valence-corrected chi connectivity index (χ2v) is 7.89. The number of amides is 1. The molecule has 3 aromatic carbocycles. The average molecular weight is 464 g/mol. The van der Waals surface area contributed by atoms with Crippen molar-refractivity contribution in [2.24, 2.45) is 0 Å². The van der Waals surface area contributed by atoms with E-state index in [0.717, 1.165) is 5.56 Å². The van der Waals surface area contributed by atoms with Crippen LogP contribution in [-0.2, 0) is 13.0 Å². The second kappa shape index (κ2) is 9.94. The van der Waals surface area contributed by atoms with Crippen molar-refractivity contribution in [3.8, 4) is 0 Å². The Morgan fingerprint density at radius 1 is 0.900 bits per heavy atom. The van der Waals surface area contributed by atoms with Gasteiger partial charge in [0.05, 0.1) is 11.5 Å². The zero-order valence-corrected chi connectivity index (χ0v) is 18.0. The lowest BCUT2D eigenvalue weighted by Gasteiger charge is -2.23. The molecule has 0 saturated heterocycles. The SMILES string of the molecule is O=C(c1ccc(Cl)cc1)N(CCc1ccc(Cl)cc1Cl)Cc1ccccc1[N+](=O)[O-]. The number of nitro groups is 1. The van der Waals surface area contributed by atoms with Gasteiger partial charge in [-0.25, -0.2) is 0 Å². The third-order valence-corrected chi connectivity index (χ3v) is 5.43. The van der Waals surface area contributed by atoms with Gasteiger partial charge >= 0.3 is 0 Å². The van der Waals surface area contributed by atoms with E-state index in [0.29, 0.717) is 39.2 Å². The maximum atomic E-state index is 13.2. The van der Waals surface area contributed by atoms with Crippen molar-refractivity contribution in [1.29, 1.82) is 0 Å². The molecule has 30 heavy (non-hydrogen) atoms. The summed E-state index contributed by atoms with van der Waals surface area (Å²) in [6.07, 6.45) is 0.468. The lowest BCUT2D eigenvalue weighted by Crippen LogP contribution is -2.32. The fraction of sp³-hybridized carbons (Fsp3) is 0.136. The van der Waals surface area contributed by atoms with Crippen LogP contribution in [0, 0.1) is 10.1 Å². The van der Waals surface area contributed by atoms with Crippen molar-refractivity contribution in [3.63, 3.8) is 0 Å². The first-order chi connectivity index (χ1) is 14.3. The molecule has 0 spiro atoms. The van der Waals surface area contributed by atoms with Crippen molar-refractivity contribution < 1.29 is 9.72 Å². The van der Waals surface area contributed by atoms with E-state index in [-0.39, 0.29) is 18.1 Å². The number of rotatable bonds is 7. The molecule has 0 aliphatic heterocycles. The van der Waals surface area contributed by atoms with Crippen LogP contribution in [0.1, 0.15) is 21.5 Å². The Kier molecular flexibility index (Phi) is 7.32. The molecule has 0 atom stereocenters. The van der Waals surface area contributed by atoms with Crippen LogP contribution >= 0.6 is 34.8 Å². The van der Waals surface area contributed by atoms with Crippen LogP contribution in [0.5, 0.6) is 0 Å². The minimum Gasteiger partial charge on any atom is -0.334 e. The molecule has 154 valence electrons. The largest absolute Gasteiger partial charge is 0.334 e. The molecule has 0 unspecified atom stereocenters. The highest BCUT2D eigenvalue weighted by Gasteiger charge is 2.21. The zero-order valence-electron chi connectivity index (χ0n) is 15.7. The molecule has 5 nitrogen and oxygen atoms in total. The summed E-state index contributed by atoms with van der Waals surface area (Å²) in [4.78, 5) is 25.7. The van der Waals surface area contributed by atoms with E-state index in [1.54, 1.807) is 65.6 Å². The van der Waals surface area contributed by atoms with Crippen LogP contribution in [0.15, 0.2) is 66.7 Å². The first-order valence-electron chi connectivity index (χ1n) is 9.06. The molecule has 0 aliphatic carbocycles. The molecule has 3 aromatic rings. The van der Waals surface area contributed by atoms with E-state index in [4.69, 9.17) is 34.8 Å². The van der Waals surface area contributed by atoms with Gasteiger partial charge in [-0.15, -0.1) is 0 Å². The molecule has 0 aromatic heterocycles. The number of nitro benzene ring substituents is 1. The number of nitrogens with zero attached hydrogens (tertiary/aromatic N) is 2. The van der Waals surface area contributed by atoms with Crippen LogP contribution in [-0.4, -0.2) is 22.3 Å². The molecule has 0 fully saturated rings. The number of carbonyl (C=O) groups excluding carboxylic acids is 1. The normalized spacial score (nSPS) is 10.6. The number of para-hydroxylation sites is 1. The molecular weight excluding hydrogens is 447 g/mol. The summed E-state index contributed by atoms with van der Waals surface area (Å²) in [6.45, 7) is 0.401. The van der Waals surface area contributed by atoms with Gasteiger partial charge in [-0.1, -0.05) is 59.1 Å². The second-order valence-electron chi connectivity index (χ2n) is 6.61. The summed E-state index contributed by atoms with van der Waals surface area (Å²) in [5, 5.41) is 12.9. The summed E-state index contributed by atoms with van der Waals surface area (Å²) in [7, 11) is 0. The minimum absolute atomic E-state index is 0.0315. The van der Waals surface area contributed by atoms with Gasteiger partial charge in [0.1, 0.15) is 0 Å². The summed E-state index contributed by atoms with van der Waals surface area (Å²) >= 11 is 18.1. The summed E-state index contributed by atoms with van der Waals surface area (Å²) < 4.78 is 0. The van der Waals surface area contributed by atoms with E-state index < -0.39 is 4.92 Å². The van der Waals surface area contributed by atoms with Gasteiger partial charge in [0.25, 0.3) is 11.6 Å². The third kappa shape index (κ3) is 5.51. The van der Waals surface area contributed by atoms with Crippen molar-refractivity contribution in [3.05, 3.63) is 109 Å². The number of benzene rings is 3. The Hall–Kier alpha value is -2.60. The lowest BCUT2D eigenvalue weighted by atomic mass is 10.1. The van der Waals surface area contributed by atoms with Gasteiger partial charge in [-0.3, -0.25) is 14.9 Å². The van der Waals surface area contributed by atoms with Gasteiger partial charge in [-0.2, -0.15) is 0 Å². The smallest absolute Gasteiger partial charge is 0.274 e. The van der Waals surface area contributed by atoms with Crippen LogP contribution < -0.4 is 0 Å². The highest BCUT2D eigenvalue weighted by atomic mass is 35.5. The predicted molar refractivity (Wildman–Crippen MR) is 119 cm³/mol. The van der Waals surface area contributed by atoms with Gasteiger partial charge in [0, 0.05) is 38.8 Å². The first-order valence-corrected chi connectivity index (χ1v) is 10.2. The Bertz CT molecular complexity index is 1070. The van der Waals surface area contributed by atoms with E-state index in [9.17, 15) is 14.9 Å². The number of carbonyl (C=O) groups is 1. The van der Waals surface area contributed by atoms with Crippen LogP contribution in [0.3, 0.4) is 0 Å². The molecule has 0 radical (unpaired) electrons. The molecule has 0 saturated carbocycles. The topological polar surface area (TPSA) is 63.5 Å². The standard InChI is InChI=1S/C22H17Cl3N2O3/c23-18-8-6-16(7-9-18)22(28)26(12-11-15-5-10-19(24)13-20(15)25)14-17-3-1-2-4-21(17)27(29)30/h1-10,13H,11-12,14H2. The Labute approximate surface area is 188 Å². The van der Waals surface area contributed by atoms with Crippen LogP contribution in [0.4, 0.5) is 5.69 Å². The fourth-order valence-corrected chi connectivity index (χ4v) is 3.66. The highest BCUT2D eigenvalue weighted by Crippen LogP contribution is 2.24. The van der Waals surface area contributed by atoms with Crippen LogP contribution in [0.25, 0.3) is 0 Å². The van der Waals surface area contributed by atoms with Gasteiger partial charge in [0.15, 0.2) is 0 Å². The Morgan fingerprint density at radius 2 is 1.57 bits per heavy atom. The number of halogens is 3. The van der Waals surface area contributed by atoms with Crippen molar-refractivity contribution in [2.45, 2.75) is 13.0 Å². The Balaban J connectivity index is 1.89. The van der Waals surface area contributed by atoms with Crippen LogP contribution in [0.2, 0.25) is 15.1 Å². The Morgan fingerprint density at radius 3 is 2.23 bits per heavy atom. The van der Waals surface area contributed by atoms with Crippen molar-refractivity contribution >= 4 is 46.4 Å². The third-order valence-electron chi connectivity index (χ3n) is 4.59. The van der Waals surface area contributed by atoms with Gasteiger partial charge in [0.2, 0.25) is 0 Å². The van der Waals surface area contributed by atoms with Crippen molar-refractivity contribution in [2.75, 3.05) is 6.54 Å². The summed E-state index contributed by atoms with van der Waals surface area (Å²) in [5.74, 6) is -0.255. The molecule has 0 N–H and O–H groups in total. The average Bonchev–Trinajstić information content (AvgIpc) is 2.72. The molecule has 1 amide bonds. The minimum atomic E-state index is -0.448. The molecular formula is C22H17Cl3N2O3. The van der Waals surface area contributed by atoms with E-state index in [2.05, 4.69) is 0 Å². The lowest BCUT2D eigenvalue weighted by molar-refractivity contribution is -0.385. The van der Waals surface area contributed by atoms with E-state index >= 15 is 0 Å². The maximum Gasteiger partial charge on any atom is 0.274 e. The van der Waals surface area contributed by atoms with Gasteiger partial charge in [-0.05, 0) is 48.4 Å².